The van der Waals surface area contributed by atoms with Gasteiger partial charge in [-0.2, -0.15) is 4.80 Å². The maximum absolute atomic E-state index is 5.98. The highest BCUT2D eigenvalue weighted by Gasteiger charge is 2.27. The largest absolute Gasteiger partial charge is 0.177 e. The Hall–Kier alpha value is -0.640. The molecule has 1 aromatic heterocycles. The summed E-state index contributed by atoms with van der Waals surface area (Å²) in [7, 11) is 1.78. The van der Waals surface area contributed by atoms with Gasteiger partial charge in [0.1, 0.15) is 0 Å². The molecule has 1 aliphatic rings. The number of aryl methyl sites for hydroxylation is 1. The highest BCUT2D eigenvalue weighted by atomic mass is 35.5. The number of hydrogen-bond acceptors (Lipinski definition) is 3. The minimum absolute atomic E-state index is 0.304. The third-order valence-corrected chi connectivity index (χ3v) is 2.65. The number of nitrogens with zero attached hydrogens (tertiary/aromatic N) is 4. The first-order valence-electron chi connectivity index (χ1n) is 4.13. The van der Waals surface area contributed by atoms with Gasteiger partial charge in [-0.15, -0.1) is 21.8 Å². The lowest BCUT2D eigenvalue weighted by molar-refractivity contribution is 0.616. The average Bonchev–Trinajstić information content (AvgIpc) is 2.58. The molecule has 0 aliphatic heterocycles. The van der Waals surface area contributed by atoms with E-state index in [2.05, 4.69) is 15.4 Å². The summed E-state index contributed by atoms with van der Waals surface area (Å²) in [5, 5.41) is 12.2. The quantitative estimate of drug-likeness (QED) is 0.617. The molecule has 1 saturated carbocycles. The van der Waals surface area contributed by atoms with Crippen LogP contribution in [0, 0.1) is 0 Å². The minimum atomic E-state index is 0.304. The van der Waals surface area contributed by atoms with Gasteiger partial charge < -0.3 is 0 Å². The van der Waals surface area contributed by atoms with Crippen molar-refractivity contribution in [3.63, 3.8) is 0 Å². The summed E-state index contributed by atoms with van der Waals surface area (Å²) in [4.78, 5) is 1.50. The molecule has 1 fully saturated rings. The Morgan fingerprint density at radius 3 is 2.83 bits per heavy atom. The van der Waals surface area contributed by atoms with Crippen LogP contribution in [-0.2, 0) is 7.05 Å². The number of halogens is 1. The topological polar surface area (TPSA) is 43.6 Å². The molecule has 0 N–H and O–H groups in total. The van der Waals surface area contributed by atoms with E-state index in [4.69, 9.17) is 11.6 Å². The molecule has 0 amide bonds. The number of alkyl halides is 1. The maximum atomic E-state index is 5.98. The Kier molecular flexibility index (Phi) is 2.00. The number of hydrogen-bond donors (Lipinski definition) is 0. The van der Waals surface area contributed by atoms with Crippen LogP contribution in [0.5, 0.6) is 0 Å². The first-order chi connectivity index (χ1) is 5.75. The van der Waals surface area contributed by atoms with E-state index >= 15 is 0 Å². The molecule has 0 spiro atoms. The molecule has 5 heteroatoms. The van der Waals surface area contributed by atoms with Gasteiger partial charge in [-0.05, 0) is 24.5 Å². The molecule has 0 radical (unpaired) electrons. The van der Waals surface area contributed by atoms with Crippen LogP contribution < -0.4 is 0 Å². The van der Waals surface area contributed by atoms with Gasteiger partial charge in [0.05, 0.1) is 7.05 Å². The number of tetrazole rings is 1. The van der Waals surface area contributed by atoms with Crippen molar-refractivity contribution in [3.05, 3.63) is 5.82 Å². The Bertz CT molecular complexity index is 272. The van der Waals surface area contributed by atoms with Crippen LogP contribution in [0.25, 0.3) is 0 Å². The molecular weight excluding hydrogens is 176 g/mol. The van der Waals surface area contributed by atoms with E-state index in [0.29, 0.717) is 11.3 Å². The van der Waals surface area contributed by atoms with Crippen molar-refractivity contribution in [2.24, 2.45) is 7.05 Å². The second-order valence-electron chi connectivity index (χ2n) is 3.24. The van der Waals surface area contributed by atoms with Crippen molar-refractivity contribution in [1.29, 1.82) is 0 Å². The van der Waals surface area contributed by atoms with Crippen LogP contribution in [0.2, 0.25) is 0 Å². The van der Waals surface area contributed by atoms with Crippen LogP contribution in [-0.4, -0.2) is 25.6 Å². The van der Waals surface area contributed by atoms with Crippen molar-refractivity contribution < 1.29 is 0 Å². The Labute approximate surface area is 75.9 Å². The molecule has 1 aliphatic carbocycles. The maximum Gasteiger partial charge on any atom is 0.177 e. The van der Waals surface area contributed by atoms with Crippen molar-refractivity contribution in [1.82, 2.24) is 20.2 Å². The molecule has 2 atom stereocenters. The van der Waals surface area contributed by atoms with Gasteiger partial charge in [-0.1, -0.05) is 0 Å². The van der Waals surface area contributed by atoms with Crippen LogP contribution in [0.4, 0.5) is 0 Å². The summed E-state index contributed by atoms with van der Waals surface area (Å²) in [6, 6.07) is 0. The van der Waals surface area contributed by atoms with Gasteiger partial charge in [0, 0.05) is 11.3 Å². The lowest BCUT2D eigenvalue weighted by Crippen LogP contribution is -1.98. The smallest absolute Gasteiger partial charge is 0.167 e. The molecule has 1 aromatic rings. The zero-order valence-corrected chi connectivity index (χ0v) is 7.70. The first-order valence-corrected chi connectivity index (χ1v) is 4.57. The lowest BCUT2D eigenvalue weighted by Gasteiger charge is -2.00. The monoisotopic (exact) mass is 186 g/mol. The molecule has 1 heterocycles. The Balaban J connectivity index is 2.11. The molecule has 12 heavy (non-hydrogen) atoms. The van der Waals surface area contributed by atoms with Gasteiger partial charge in [0.15, 0.2) is 5.82 Å². The Morgan fingerprint density at radius 1 is 1.50 bits per heavy atom. The number of rotatable bonds is 1. The van der Waals surface area contributed by atoms with Crippen LogP contribution >= 0.6 is 11.6 Å². The molecule has 2 rings (SSSR count). The molecule has 4 nitrogen and oxygen atoms in total. The third kappa shape index (κ3) is 1.43. The molecule has 2 unspecified atom stereocenters. The summed E-state index contributed by atoms with van der Waals surface area (Å²) < 4.78 is 0. The van der Waals surface area contributed by atoms with E-state index in [9.17, 15) is 0 Å². The molecule has 0 saturated heterocycles. The van der Waals surface area contributed by atoms with E-state index in [1.807, 2.05) is 0 Å². The zero-order chi connectivity index (χ0) is 8.55. The van der Waals surface area contributed by atoms with E-state index in [1.54, 1.807) is 7.05 Å². The van der Waals surface area contributed by atoms with Crippen molar-refractivity contribution >= 4 is 11.6 Å². The van der Waals surface area contributed by atoms with Gasteiger partial charge in [-0.3, -0.25) is 0 Å². The first kappa shape index (κ1) is 7.98. The van der Waals surface area contributed by atoms with Crippen molar-refractivity contribution in [2.75, 3.05) is 0 Å². The lowest BCUT2D eigenvalue weighted by atomic mass is 10.1. The van der Waals surface area contributed by atoms with Gasteiger partial charge >= 0.3 is 0 Å². The summed E-state index contributed by atoms with van der Waals surface area (Å²) in [5.41, 5.74) is 0. The standard InChI is InChI=1S/C7H11ClN4/c1-12-10-7(9-11-12)5-2-3-6(8)4-5/h5-6H,2-4H2,1H3. The van der Waals surface area contributed by atoms with Crippen LogP contribution in [0.1, 0.15) is 31.0 Å². The number of aromatic nitrogens is 4. The third-order valence-electron chi connectivity index (χ3n) is 2.26. The van der Waals surface area contributed by atoms with Gasteiger partial charge in [-0.25, -0.2) is 0 Å². The Morgan fingerprint density at radius 2 is 2.33 bits per heavy atom. The summed E-state index contributed by atoms with van der Waals surface area (Å²) in [5.74, 6) is 1.28. The predicted molar refractivity (Wildman–Crippen MR) is 45.0 cm³/mol. The molecule has 0 bridgehead atoms. The van der Waals surface area contributed by atoms with Crippen LogP contribution in [0.15, 0.2) is 0 Å². The van der Waals surface area contributed by atoms with Gasteiger partial charge in [0.25, 0.3) is 0 Å². The molecule has 66 valence electrons. The fourth-order valence-electron chi connectivity index (χ4n) is 1.62. The average molecular weight is 187 g/mol. The highest BCUT2D eigenvalue weighted by molar-refractivity contribution is 6.20. The second kappa shape index (κ2) is 3.01. The fraction of sp³-hybridized carbons (Fsp3) is 0.857. The molecular formula is C7H11ClN4. The molecule has 0 aromatic carbocycles. The van der Waals surface area contributed by atoms with E-state index in [1.165, 1.54) is 4.80 Å². The second-order valence-corrected chi connectivity index (χ2v) is 3.86. The summed E-state index contributed by atoms with van der Waals surface area (Å²) >= 11 is 5.98. The van der Waals surface area contributed by atoms with Gasteiger partial charge in [0.2, 0.25) is 0 Å². The summed E-state index contributed by atoms with van der Waals surface area (Å²) in [6.07, 6.45) is 3.16. The fourth-order valence-corrected chi connectivity index (χ4v) is 1.96. The van der Waals surface area contributed by atoms with E-state index in [-0.39, 0.29) is 0 Å². The van der Waals surface area contributed by atoms with Crippen molar-refractivity contribution in [3.8, 4) is 0 Å². The highest BCUT2D eigenvalue weighted by Crippen LogP contribution is 2.34. The minimum Gasteiger partial charge on any atom is -0.167 e. The summed E-state index contributed by atoms with van der Waals surface area (Å²) in [6.45, 7) is 0. The van der Waals surface area contributed by atoms with Crippen LogP contribution in [0.3, 0.4) is 0 Å². The van der Waals surface area contributed by atoms with E-state index < -0.39 is 0 Å². The van der Waals surface area contributed by atoms with E-state index in [0.717, 1.165) is 25.1 Å². The predicted octanol–water partition coefficient (Wildman–Crippen LogP) is 1.08. The zero-order valence-electron chi connectivity index (χ0n) is 6.94. The SMILES string of the molecule is Cn1nnc(C2CCC(Cl)C2)n1. The van der Waals surface area contributed by atoms with Crippen molar-refractivity contribution in [2.45, 2.75) is 30.6 Å². The normalized spacial score (nSPS) is 29.5.